The predicted octanol–water partition coefficient (Wildman–Crippen LogP) is 4.14. The second kappa shape index (κ2) is 5.48. The highest BCUT2D eigenvalue weighted by Crippen LogP contribution is 2.53. The van der Waals surface area contributed by atoms with E-state index >= 15 is 0 Å². The van der Waals surface area contributed by atoms with Crippen LogP contribution in [-0.2, 0) is 5.41 Å². The lowest BCUT2D eigenvalue weighted by atomic mass is 9.75. The molecule has 2 aromatic carbocycles. The topological polar surface area (TPSA) is 74.6 Å². The van der Waals surface area contributed by atoms with Crippen LogP contribution in [0, 0.1) is 5.92 Å². The zero-order chi connectivity index (χ0) is 17.6. The Bertz CT molecular complexity index is 818. The Kier molecular flexibility index (Phi) is 3.71. The summed E-state index contributed by atoms with van der Waals surface area (Å²) < 4.78 is 0. The Labute approximate surface area is 140 Å². The van der Waals surface area contributed by atoms with Crippen LogP contribution in [0.25, 0.3) is 0 Å². The lowest BCUT2D eigenvalue weighted by Gasteiger charge is -2.28. The maximum atomic E-state index is 11.3. The molecule has 0 amide bonds. The molecule has 2 atom stereocenters. The minimum Gasteiger partial charge on any atom is -0.478 e. The summed E-state index contributed by atoms with van der Waals surface area (Å²) in [5.41, 5.74) is 3.65. The van der Waals surface area contributed by atoms with E-state index in [4.69, 9.17) is 5.11 Å². The monoisotopic (exact) mass is 324 g/mol. The van der Waals surface area contributed by atoms with Crippen LogP contribution in [0.4, 0.5) is 0 Å². The first-order chi connectivity index (χ1) is 11.2. The summed E-state index contributed by atoms with van der Waals surface area (Å²) >= 11 is 0. The van der Waals surface area contributed by atoms with E-state index in [1.165, 1.54) is 0 Å². The van der Waals surface area contributed by atoms with Crippen LogP contribution >= 0.6 is 0 Å². The molecular formula is C20H20O4. The van der Waals surface area contributed by atoms with Gasteiger partial charge >= 0.3 is 11.9 Å². The minimum atomic E-state index is -0.949. The SMILES string of the molecule is CC1C(c2ccc(C(=O)O)cc2)c2cc(C(=O)O)ccc2C1(C)C. The Morgan fingerprint density at radius 3 is 2.00 bits per heavy atom. The largest absolute Gasteiger partial charge is 0.478 e. The van der Waals surface area contributed by atoms with Crippen LogP contribution in [-0.4, -0.2) is 22.2 Å². The number of carbonyl (C=O) groups is 2. The second-order valence-corrected chi connectivity index (χ2v) is 7.02. The molecule has 0 bridgehead atoms. The molecule has 0 aliphatic heterocycles. The van der Waals surface area contributed by atoms with E-state index < -0.39 is 11.9 Å². The molecule has 0 radical (unpaired) electrons. The standard InChI is InChI=1S/C20H20O4/c1-11-17(12-4-6-13(7-5-12)18(21)22)15-10-14(19(23)24)8-9-16(15)20(11,2)3/h4-11,17H,1-3H3,(H,21,22)(H,23,24). The fourth-order valence-corrected chi connectivity index (χ4v) is 3.77. The molecule has 0 spiro atoms. The van der Waals surface area contributed by atoms with Crippen molar-refractivity contribution in [2.24, 2.45) is 5.92 Å². The van der Waals surface area contributed by atoms with Gasteiger partial charge in [0.1, 0.15) is 0 Å². The van der Waals surface area contributed by atoms with Gasteiger partial charge in [0.05, 0.1) is 11.1 Å². The molecule has 0 fully saturated rings. The number of hydrogen-bond donors (Lipinski definition) is 2. The van der Waals surface area contributed by atoms with E-state index in [-0.39, 0.29) is 28.4 Å². The highest BCUT2D eigenvalue weighted by atomic mass is 16.4. The molecule has 2 aromatic rings. The van der Waals surface area contributed by atoms with Crippen LogP contribution in [0.15, 0.2) is 42.5 Å². The van der Waals surface area contributed by atoms with Crippen molar-refractivity contribution in [3.05, 3.63) is 70.3 Å². The Hall–Kier alpha value is -2.62. The molecule has 0 saturated carbocycles. The lowest BCUT2D eigenvalue weighted by molar-refractivity contribution is 0.0686. The number of aromatic carboxylic acids is 2. The molecule has 4 nitrogen and oxygen atoms in total. The maximum absolute atomic E-state index is 11.3. The van der Waals surface area contributed by atoms with Gasteiger partial charge in [-0.25, -0.2) is 9.59 Å². The van der Waals surface area contributed by atoms with Crippen molar-refractivity contribution < 1.29 is 19.8 Å². The minimum absolute atomic E-state index is 0.0529. The molecule has 0 saturated heterocycles. The van der Waals surface area contributed by atoms with Crippen molar-refractivity contribution in [1.82, 2.24) is 0 Å². The molecule has 0 aromatic heterocycles. The zero-order valence-corrected chi connectivity index (χ0v) is 13.9. The van der Waals surface area contributed by atoms with Crippen molar-refractivity contribution in [2.75, 3.05) is 0 Å². The third kappa shape index (κ3) is 2.39. The van der Waals surface area contributed by atoms with Crippen LogP contribution in [0.5, 0.6) is 0 Å². The van der Waals surface area contributed by atoms with Gasteiger partial charge in [-0.1, -0.05) is 39.0 Å². The van der Waals surface area contributed by atoms with Gasteiger partial charge in [-0.2, -0.15) is 0 Å². The van der Waals surface area contributed by atoms with E-state index in [1.54, 1.807) is 24.3 Å². The predicted molar refractivity (Wildman–Crippen MR) is 90.8 cm³/mol. The average Bonchev–Trinajstić information content (AvgIpc) is 2.74. The summed E-state index contributed by atoms with van der Waals surface area (Å²) in [5, 5.41) is 18.4. The summed E-state index contributed by atoms with van der Waals surface area (Å²) in [6.07, 6.45) is 0. The molecule has 0 heterocycles. The van der Waals surface area contributed by atoms with Crippen molar-refractivity contribution in [3.8, 4) is 0 Å². The normalized spacial score (nSPS) is 21.3. The molecule has 24 heavy (non-hydrogen) atoms. The number of fused-ring (bicyclic) bond motifs is 1. The molecule has 3 rings (SSSR count). The van der Waals surface area contributed by atoms with Crippen LogP contribution in [0.3, 0.4) is 0 Å². The first-order valence-corrected chi connectivity index (χ1v) is 7.94. The number of hydrogen-bond acceptors (Lipinski definition) is 2. The van der Waals surface area contributed by atoms with Gasteiger partial charge in [-0.3, -0.25) is 0 Å². The molecule has 124 valence electrons. The van der Waals surface area contributed by atoms with Gasteiger partial charge in [-0.05, 0) is 52.3 Å². The molecule has 1 aliphatic rings. The van der Waals surface area contributed by atoms with Gasteiger partial charge in [0.2, 0.25) is 0 Å². The van der Waals surface area contributed by atoms with E-state index in [1.807, 2.05) is 18.2 Å². The first-order valence-electron chi connectivity index (χ1n) is 7.94. The van der Waals surface area contributed by atoms with E-state index in [0.717, 1.165) is 16.7 Å². The van der Waals surface area contributed by atoms with E-state index in [2.05, 4.69) is 20.8 Å². The number of carboxylic acids is 2. The smallest absolute Gasteiger partial charge is 0.335 e. The van der Waals surface area contributed by atoms with Gasteiger partial charge < -0.3 is 10.2 Å². The highest BCUT2D eigenvalue weighted by molar-refractivity contribution is 5.88. The van der Waals surface area contributed by atoms with Gasteiger partial charge in [-0.15, -0.1) is 0 Å². The maximum Gasteiger partial charge on any atom is 0.335 e. The third-order valence-corrected chi connectivity index (χ3v) is 5.48. The first kappa shape index (κ1) is 16.2. The summed E-state index contributed by atoms with van der Waals surface area (Å²) in [5.74, 6) is -1.56. The number of carboxylic acid groups (broad SMARTS) is 2. The third-order valence-electron chi connectivity index (χ3n) is 5.48. The quantitative estimate of drug-likeness (QED) is 0.889. The van der Waals surface area contributed by atoms with E-state index in [0.29, 0.717) is 0 Å². The molecular weight excluding hydrogens is 304 g/mol. The number of benzene rings is 2. The summed E-state index contributed by atoms with van der Waals surface area (Å²) in [6.45, 7) is 6.50. The highest BCUT2D eigenvalue weighted by Gasteiger charge is 2.44. The fourth-order valence-electron chi connectivity index (χ4n) is 3.77. The van der Waals surface area contributed by atoms with Crippen molar-refractivity contribution >= 4 is 11.9 Å². The van der Waals surface area contributed by atoms with Crippen LogP contribution < -0.4 is 0 Å². The Morgan fingerprint density at radius 1 is 0.917 bits per heavy atom. The Morgan fingerprint density at radius 2 is 1.46 bits per heavy atom. The van der Waals surface area contributed by atoms with Gasteiger partial charge in [0.15, 0.2) is 0 Å². The molecule has 4 heteroatoms. The van der Waals surface area contributed by atoms with E-state index in [9.17, 15) is 14.7 Å². The lowest BCUT2D eigenvalue weighted by Crippen LogP contribution is -2.23. The Balaban J connectivity index is 2.14. The molecule has 2 N–H and O–H groups in total. The second-order valence-electron chi connectivity index (χ2n) is 7.02. The summed E-state index contributed by atoms with van der Waals surface area (Å²) in [4.78, 5) is 22.4. The fraction of sp³-hybridized carbons (Fsp3) is 0.300. The van der Waals surface area contributed by atoms with Gasteiger partial charge in [0.25, 0.3) is 0 Å². The van der Waals surface area contributed by atoms with Gasteiger partial charge in [0, 0.05) is 5.92 Å². The van der Waals surface area contributed by atoms with Crippen molar-refractivity contribution in [2.45, 2.75) is 32.1 Å². The molecule has 1 aliphatic carbocycles. The van der Waals surface area contributed by atoms with Crippen LogP contribution in [0.1, 0.15) is 64.1 Å². The van der Waals surface area contributed by atoms with Crippen molar-refractivity contribution in [3.63, 3.8) is 0 Å². The molecule has 2 unspecified atom stereocenters. The summed E-state index contributed by atoms with van der Waals surface area (Å²) in [7, 11) is 0. The average molecular weight is 324 g/mol. The van der Waals surface area contributed by atoms with Crippen LogP contribution in [0.2, 0.25) is 0 Å². The van der Waals surface area contributed by atoms with Crippen molar-refractivity contribution in [1.29, 1.82) is 0 Å². The summed E-state index contributed by atoms with van der Waals surface area (Å²) in [6, 6.07) is 12.2. The number of rotatable bonds is 3. The zero-order valence-electron chi connectivity index (χ0n) is 13.9.